The first-order valence-electron chi connectivity index (χ1n) is 19.1. The van der Waals surface area contributed by atoms with Gasteiger partial charge in [-0.25, -0.2) is 0 Å². The molecule has 11 rings (SSSR count). The molecule has 0 unspecified atom stereocenters. The van der Waals surface area contributed by atoms with Crippen LogP contribution in [0, 0.1) is 13.8 Å². The number of aromatic nitrogens is 1. The van der Waals surface area contributed by atoms with E-state index in [0.29, 0.717) is 0 Å². The predicted molar refractivity (Wildman–Crippen MR) is 231 cm³/mol. The Bertz CT molecular complexity index is 3190. The summed E-state index contributed by atoms with van der Waals surface area (Å²) in [5.41, 5.74) is 15.6. The number of benzene rings is 9. The van der Waals surface area contributed by atoms with Gasteiger partial charge in [0.15, 0.2) is 0 Å². The summed E-state index contributed by atoms with van der Waals surface area (Å²) in [6, 6.07) is 61.2. The van der Waals surface area contributed by atoms with Gasteiger partial charge in [0.25, 0.3) is 0 Å². The van der Waals surface area contributed by atoms with Crippen molar-refractivity contribution >= 4 is 54.0 Å². The Morgan fingerprint density at radius 2 is 1.04 bits per heavy atom. The molecule has 1 heterocycles. The summed E-state index contributed by atoms with van der Waals surface area (Å²) in [5, 5.41) is 11.6. The van der Waals surface area contributed by atoms with Gasteiger partial charge in [-0.1, -0.05) is 147 Å². The highest BCUT2D eigenvalue weighted by molar-refractivity contribution is 6.33. The minimum Gasteiger partial charge on any atom is -0.313 e. The summed E-state index contributed by atoms with van der Waals surface area (Å²) in [6.45, 7) is 9.31. The van der Waals surface area contributed by atoms with Crippen LogP contribution in [-0.4, -0.2) is 4.57 Å². The maximum atomic E-state index is 2.50. The van der Waals surface area contributed by atoms with Crippen LogP contribution in [0.2, 0.25) is 0 Å². The quantitative estimate of drug-likeness (QED) is 0.163. The Morgan fingerprint density at radius 3 is 1.85 bits per heavy atom. The molecule has 256 valence electrons. The van der Waals surface area contributed by atoms with Crippen molar-refractivity contribution in [2.75, 3.05) is 0 Å². The van der Waals surface area contributed by atoms with E-state index in [1.807, 2.05) is 0 Å². The fraction of sp³-hybridized carbons (Fsp3) is 0.0943. The number of hydrogen-bond donors (Lipinski definition) is 0. The molecule has 10 aromatic rings. The topological polar surface area (TPSA) is 4.93 Å². The number of aryl methyl sites for hydroxylation is 1. The normalized spacial score (nSPS) is 13.3. The second-order valence-corrected chi connectivity index (χ2v) is 15.7. The van der Waals surface area contributed by atoms with Gasteiger partial charge in [0.05, 0.1) is 5.52 Å². The van der Waals surface area contributed by atoms with Crippen molar-refractivity contribution in [3.05, 3.63) is 186 Å². The number of hydrogen-bond acceptors (Lipinski definition) is 0. The Balaban J connectivity index is 1.12. The highest BCUT2D eigenvalue weighted by Crippen LogP contribution is 2.50. The zero-order valence-electron chi connectivity index (χ0n) is 31.0. The van der Waals surface area contributed by atoms with E-state index in [0.717, 1.165) is 0 Å². The molecule has 0 N–H and O–H groups in total. The minimum absolute atomic E-state index is 0.0230. The molecule has 9 aromatic carbocycles. The van der Waals surface area contributed by atoms with Gasteiger partial charge >= 0.3 is 0 Å². The van der Waals surface area contributed by atoms with Crippen molar-refractivity contribution in [3.8, 4) is 39.1 Å². The van der Waals surface area contributed by atoms with Gasteiger partial charge < -0.3 is 4.57 Å². The Hall–Kier alpha value is -6.44. The molecule has 1 aromatic heterocycles. The third kappa shape index (κ3) is 4.27. The molecule has 0 saturated heterocycles. The van der Waals surface area contributed by atoms with Crippen molar-refractivity contribution in [1.82, 2.24) is 4.57 Å². The van der Waals surface area contributed by atoms with E-state index >= 15 is 0 Å². The van der Waals surface area contributed by atoms with Gasteiger partial charge in [-0.15, -0.1) is 0 Å². The maximum absolute atomic E-state index is 2.50. The highest BCUT2D eigenvalue weighted by atomic mass is 15.0. The minimum atomic E-state index is -0.0230. The molecule has 0 fully saturated rings. The second-order valence-electron chi connectivity index (χ2n) is 15.7. The first-order valence-corrected chi connectivity index (χ1v) is 19.1. The number of rotatable bonds is 3. The van der Waals surface area contributed by atoms with E-state index < -0.39 is 0 Å². The lowest BCUT2D eigenvalue weighted by Crippen LogP contribution is -2.14. The molecule has 1 aliphatic carbocycles. The SMILES string of the molecule is Cc1c(C)n(-c2ccc(-c3ccc4c(c3)C(C)(C)c3ccccc3-4)cc2)c2c3ccccc3c3cc(-c4ccc5ccccc5c4)c4ccccc4c3c12. The van der Waals surface area contributed by atoms with Crippen LogP contribution in [0.1, 0.15) is 36.2 Å². The van der Waals surface area contributed by atoms with Gasteiger partial charge in [0.1, 0.15) is 0 Å². The van der Waals surface area contributed by atoms with E-state index in [4.69, 9.17) is 0 Å². The van der Waals surface area contributed by atoms with Crippen LogP contribution in [0.5, 0.6) is 0 Å². The molecule has 54 heavy (non-hydrogen) atoms. The van der Waals surface area contributed by atoms with E-state index in [1.54, 1.807) is 0 Å². The van der Waals surface area contributed by atoms with Gasteiger partial charge in [-0.3, -0.25) is 0 Å². The Morgan fingerprint density at radius 1 is 0.407 bits per heavy atom. The van der Waals surface area contributed by atoms with Crippen LogP contribution in [0.4, 0.5) is 0 Å². The largest absolute Gasteiger partial charge is 0.313 e. The van der Waals surface area contributed by atoms with Crippen LogP contribution < -0.4 is 0 Å². The standard InChI is InChI=1S/C53H39N/c1-32-33(2)54(39-26-23-35(24-27-39)37-25-28-43-42-17-11-12-20-48(42)53(3,4)49(43)30-37)52-45-19-10-8-16-41(45)47-31-46(38-22-21-34-13-5-6-14-36(34)29-38)40-15-7-9-18-44(40)51(47)50(32)52/h5-31H,1-4H3. The highest BCUT2D eigenvalue weighted by Gasteiger charge is 2.35. The van der Waals surface area contributed by atoms with Gasteiger partial charge in [-0.2, -0.15) is 0 Å². The lowest BCUT2D eigenvalue weighted by molar-refractivity contribution is 0.660. The summed E-state index contributed by atoms with van der Waals surface area (Å²) in [5.74, 6) is 0. The first-order chi connectivity index (χ1) is 26.4. The molecule has 1 nitrogen and oxygen atoms in total. The van der Waals surface area contributed by atoms with E-state index in [2.05, 4.69) is 196 Å². The molecule has 0 aliphatic heterocycles. The summed E-state index contributed by atoms with van der Waals surface area (Å²) in [6.07, 6.45) is 0. The lowest BCUT2D eigenvalue weighted by Gasteiger charge is -2.22. The van der Waals surface area contributed by atoms with Crippen molar-refractivity contribution < 1.29 is 0 Å². The molecular weight excluding hydrogens is 651 g/mol. The molecular formula is C53H39N. The van der Waals surface area contributed by atoms with Crippen LogP contribution in [0.3, 0.4) is 0 Å². The molecule has 0 atom stereocenters. The average molecular weight is 690 g/mol. The van der Waals surface area contributed by atoms with Crippen LogP contribution in [0.15, 0.2) is 164 Å². The zero-order chi connectivity index (χ0) is 36.3. The van der Waals surface area contributed by atoms with Crippen LogP contribution in [-0.2, 0) is 5.41 Å². The van der Waals surface area contributed by atoms with Crippen molar-refractivity contribution in [2.24, 2.45) is 0 Å². The van der Waals surface area contributed by atoms with Crippen molar-refractivity contribution in [2.45, 2.75) is 33.1 Å². The summed E-state index contributed by atoms with van der Waals surface area (Å²) >= 11 is 0. The first kappa shape index (κ1) is 31.1. The molecule has 0 spiro atoms. The predicted octanol–water partition coefficient (Wildman–Crippen LogP) is 14.5. The smallest absolute Gasteiger partial charge is 0.0619 e. The molecule has 0 radical (unpaired) electrons. The van der Waals surface area contributed by atoms with Crippen LogP contribution >= 0.6 is 0 Å². The Labute approximate surface area is 315 Å². The third-order valence-electron chi connectivity index (χ3n) is 12.6. The second kappa shape index (κ2) is 11.3. The van der Waals surface area contributed by atoms with Crippen molar-refractivity contribution in [3.63, 3.8) is 0 Å². The van der Waals surface area contributed by atoms with E-state index in [9.17, 15) is 0 Å². The third-order valence-corrected chi connectivity index (χ3v) is 12.6. The molecule has 1 heteroatoms. The average Bonchev–Trinajstić information content (AvgIpc) is 3.62. The zero-order valence-corrected chi connectivity index (χ0v) is 31.0. The van der Waals surface area contributed by atoms with Gasteiger partial charge in [-0.05, 0) is 132 Å². The molecule has 0 saturated carbocycles. The summed E-state index contributed by atoms with van der Waals surface area (Å²) in [4.78, 5) is 0. The number of fused-ring (bicyclic) bond motifs is 12. The number of nitrogens with zero attached hydrogens (tertiary/aromatic N) is 1. The summed E-state index contributed by atoms with van der Waals surface area (Å²) in [7, 11) is 0. The molecule has 0 amide bonds. The van der Waals surface area contributed by atoms with Crippen LogP contribution in [0.25, 0.3) is 93.1 Å². The fourth-order valence-electron chi connectivity index (χ4n) is 9.75. The lowest BCUT2D eigenvalue weighted by atomic mass is 9.81. The van der Waals surface area contributed by atoms with Gasteiger partial charge in [0.2, 0.25) is 0 Å². The summed E-state index contributed by atoms with van der Waals surface area (Å²) < 4.78 is 2.50. The molecule has 1 aliphatic rings. The van der Waals surface area contributed by atoms with E-state index in [1.165, 1.54) is 115 Å². The van der Waals surface area contributed by atoms with Gasteiger partial charge in [0, 0.05) is 27.6 Å². The Kier molecular flexibility index (Phi) is 6.50. The fourth-order valence-corrected chi connectivity index (χ4v) is 9.75. The molecule has 0 bridgehead atoms. The maximum Gasteiger partial charge on any atom is 0.0619 e. The van der Waals surface area contributed by atoms with E-state index in [-0.39, 0.29) is 5.41 Å². The van der Waals surface area contributed by atoms with Crippen molar-refractivity contribution in [1.29, 1.82) is 0 Å². The monoisotopic (exact) mass is 689 g/mol.